The van der Waals surface area contributed by atoms with Crippen molar-refractivity contribution in [2.75, 3.05) is 0 Å². The van der Waals surface area contributed by atoms with Crippen LogP contribution in [0.3, 0.4) is 0 Å². The number of nitrogens with two attached hydrogens (primary N) is 1. The molecule has 1 aromatic carbocycles. The van der Waals surface area contributed by atoms with Gasteiger partial charge in [0, 0.05) is 6.08 Å². The minimum Gasteiger partial charge on any atom is -0.508 e. The Labute approximate surface area is 175 Å². The van der Waals surface area contributed by atoms with Crippen LogP contribution in [0, 0.1) is 5.41 Å². The first-order valence-electron chi connectivity index (χ1n) is 10.1. The lowest BCUT2D eigenvalue weighted by Crippen LogP contribution is -2.28. The summed E-state index contributed by atoms with van der Waals surface area (Å²) in [7, 11) is 0. The van der Waals surface area contributed by atoms with Gasteiger partial charge in [0.1, 0.15) is 5.75 Å². The van der Waals surface area contributed by atoms with Gasteiger partial charge < -0.3 is 10.8 Å². The van der Waals surface area contributed by atoms with Crippen LogP contribution in [-0.4, -0.2) is 11.0 Å². The van der Waals surface area contributed by atoms with Crippen molar-refractivity contribution < 1.29 is 9.90 Å². The van der Waals surface area contributed by atoms with E-state index in [2.05, 4.69) is 39.8 Å². The molecule has 3 nitrogen and oxygen atoms in total. The number of hydrogen-bond donors (Lipinski definition) is 2. The molecule has 0 bridgehead atoms. The third kappa shape index (κ3) is 6.08. The molecule has 3 N–H and O–H groups in total. The number of aromatic hydroxyl groups is 1. The molecule has 0 aliphatic heterocycles. The number of benzene rings is 1. The fourth-order valence-corrected chi connectivity index (χ4v) is 4.14. The average Bonchev–Trinajstić information content (AvgIpc) is 2.61. The minimum absolute atomic E-state index is 0.00668. The summed E-state index contributed by atoms with van der Waals surface area (Å²) < 4.78 is 0. The van der Waals surface area contributed by atoms with Gasteiger partial charge in [-0.15, -0.1) is 0 Å². The highest BCUT2D eigenvalue weighted by Gasteiger charge is 2.37. The molecule has 154 valence electrons. The van der Waals surface area contributed by atoms with Crippen LogP contribution in [0.5, 0.6) is 5.75 Å². The Morgan fingerprint density at radius 1 is 1.14 bits per heavy atom. The number of phenols is 1. The van der Waals surface area contributed by atoms with E-state index in [4.69, 9.17) is 5.73 Å². The Hall–Kier alpha value is -2.81. The van der Waals surface area contributed by atoms with Crippen LogP contribution >= 0.6 is 0 Å². The molecule has 0 radical (unpaired) electrons. The predicted octanol–water partition coefficient (Wildman–Crippen LogP) is 6.10. The van der Waals surface area contributed by atoms with E-state index in [0.717, 1.165) is 24.0 Å². The summed E-state index contributed by atoms with van der Waals surface area (Å²) in [5.74, 6) is 0.291. The Balaban J connectivity index is 2.21. The van der Waals surface area contributed by atoms with E-state index in [1.807, 2.05) is 37.3 Å². The third-order valence-corrected chi connectivity index (χ3v) is 5.73. The highest BCUT2D eigenvalue weighted by molar-refractivity contribution is 5.86. The van der Waals surface area contributed by atoms with Crippen LogP contribution in [0.25, 0.3) is 0 Å². The minimum atomic E-state index is -0.433. The maximum Gasteiger partial charge on any atom is 0.241 e. The molecule has 1 aliphatic carbocycles. The van der Waals surface area contributed by atoms with Gasteiger partial charge in [-0.25, -0.2) is 0 Å². The summed E-state index contributed by atoms with van der Waals surface area (Å²) >= 11 is 0. The highest BCUT2D eigenvalue weighted by Crippen LogP contribution is 2.50. The Bertz CT molecular complexity index is 893. The molecule has 1 atom stereocenters. The van der Waals surface area contributed by atoms with E-state index >= 15 is 0 Å². The van der Waals surface area contributed by atoms with E-state index in [1.165, 1.54) is 22.8 Å². The number of hydrogen-bond acceptors (Lipinski definition) is 2. The summed E-state index contributed by atoms with van der Waals surface area (Å²) in [6.45, 7) is 10.8. The number of amides is 1. The van der Waals surface area contributed by atoms with Crippen molar-refractivity contribution in [1.29, 1.82) is 0 Å². The van der Waals surface area contributed by atoms with Crippen molar-refractivity contribution in [1.82, 2.24) is 0 Å². The molecule has 3 heteroatoms. The van der Waals surface area contributed by atoms with Crippen LogP contribution in [0.15, 0.2) is 83.0 Å². The number of rotatable bonds is 6. The molecule has 0 aromatic heterocycles. The molecule has 0 fully saturated rings. The number of primary amides is 1. The molecular weight excluding hydrogens is 358 g/mol. The Morgan fingerprint density at radius 3 is 2.41 bits per heavy atom. The van der Waals surface area contributed by atoms with E-state index < -0.39 is 5.91 Å². The first-order valence-corrected chi connectivity index (χ1v) is 10.1. The largest absolute Gasteiger partial charge is 0.508 e. The SMILES string of the molecule is CC1=C(/C=C/C(C)=C/C=C/C(C)=C/C(N)=O)C(C)(C)C(c2ccc(O)cc2)CC1. The topological polar surface area (TPSA) is 63.3 Å². The molecular formula is C26H33NO2. The van der Waals surface area contributed by atoms with Gasteiger partial charge >= 0.3 is 0 Å². The van der Waals surface area contributed by atoms with Crippen LogP contribution in [0.1, 0.15) is 58.9 Å². The lowest BCUT2D eigenvalue weighted by Gasteiger charge is -2.41. The zero-order valence-corrected chi connectivity index (χ0v) is 18.2. The van der Waals surface area contributed by atoms with Crippen molar-refractivity contribution in [3.05, 3.63) is 88.6 Å². The van der Waals surface area contributed by atoms with Crippen molar-refractivity contribution in [2.24, 2.45) is 11.1 Å². The van der Waals surface area contributed by atoms with Gasteiger partial charge in [0.25, 0.3) is 0 Å². The maximum absolute atomic E-state index is 10.9. The second-order valence-electron chi connectivity index (χ2n) is 8.49. The maximum atomic E-state index is 10.9. The smallest absolute Gasteiger partial charge is 0.241 e. The molecule has 1 unspecified atom stereocenters. The van der Waals surface area contributed by atoms with Gasteiger partial charge in [-0.2, -0.15) is 0 Å². The van der Waals surface area contributed by atoms with Gasteiger partial charge in [0.15, 0.2) is 0 Å². The van der Waals surface area contributed by atoms with Gasteiger partial charge in [-0.3, -0.25) is 4.79 Å². The molecule has 0 spiro atoms. The zero-order valence-electron chi connectivity index (χ0n) is 18.2. The van der Waals surface area contributed by atoms with Crippen LogP contribution < -0.4 is 5.73 Å². The molecule has 0 saturated carbocycles. The zero-order chi connectivity index (χ0) is 21.6. The van der Waals surface area contributed by atoms with Crippen molar-refractivity contribution in [3.8, 4) is 5.75 Å². The van der Waals surface area contributed by atoms with Crippen molar-refractivity contribution >= 4 is 5.91 Å². The van der Waals surface area contributed by atoms with Gasteiger partial charge in [-0.05, 0) is 73.8 Å². The molecule has 2 rings (SSSR count). The van der Waals surface area contributed by atoms with E-state index in [0.29, 0.717) is 11.7 Å². The van der Waals surface area contributed by atoms with E-state index in [-0.39, 0.29) is 5.41 Å². The summed E-state index contributed by atoms with van der Waals surface area (Å²) in [4.78, 5) is 10.9. The van der Waals surface area contributed by atoms with Crippen LogP contribution in [-0.2, 0) is 4.79 Å². The molecule has 0 saturated heterocycles. The van der Waals surface area contributed by atoms with E-state index in [9.17, 15) is 9.90 Å². The normalized spacial score (nSPS) is 20.7. The summed E-state index contributed by atoms with van der Waals surface area (Å²) in [6, 6.07) is 7.64. The van der Waals surface area contributed by atoms with Crippen molar-refractivity contribution in [3.63, 3.8) is 0 Å². The van der Waals surface area contributed by atoms with Crippen molar-refractivity contribution in [2.45, 2.75) is 53.4 Å². The molecule has 1 amide bonds. The molecule has 1 aliphatic rings. The second kappa shape index (κ2) is 9.60. The Morgan fingerprint density at radius 2 is 1.79 bits per heavy atom. The first-order chi connectivity index (χ1) is 13.6. The lowest BCUT2D eigenvalue weighted by atomic mass is 9.63. The standard InChI is InChI=1S/C26H33NO2/c1-18(7-6-8-19(2)17-25(27)29)9-15-23-20(3)10-16-24(26(23,4)5)21-11-13-22(28)14-12-21/h6-9,11-15,17,24,28H,10,16H2,1-5H3,(H2,27,29)/b8-6+,15-9+,18-7+,19-17+. The quantitative estimate of drug-likeness (QED) is 0.454. The van der Waals surface area contributed by atoms with Gasteiger partial charge in [-0.1, -0.05) is 67.5 Å². The fourth-order valence-electron chi connectivity index (χ4n) is 4.14. The summed E-state index contributed by atoms with van der Waals surface area (Å²) in [5.41, 5.74) is 11.2. The monoisotopic (exact) mass is 391 g/mol. The Kier molecular flexibility index (Phi) is 7.44. The van der Waals surface area contributed by atoms with E-state index in [1.54, 1.807) is 12.1 Å². The number of carbonyl (C=O) groups is 1. The summed E-state index contributed by atoms with van der Waals surface area (Å²) in [5, 5.41) is 9.61. The highest BCUT2D eigenvalue weighted by atomic mass is 16.3. The molecule has 29 heavy (non-hydrogen) atoms. The van der Waals surface area contributed by atoms with Crippen LogP contribution in [0.4, 0.5) is 0 Å². The lowest BCUT2D eigenvalue weighted by molar-refractivity contribution is -0.113. The number of carbonyl (C=O) groups excluding carboxylic acids is 1. The fraction of sp³-hybridized carbons (Fsp3) is 0.346. The second-order valence-corrected chi connectivity index (χ2v) is 8.49. The van der Waals surface area contributed by atoms with Crippen LogP contribution in [0.2, 0.25) is 0 Å². The van der Waals surface area contributed by atoms with Gasteiger partial charge in [0.05, 0.1) is 0 Å². The van der Waals surface area contributed by atoms with Gasteiger partial charge in [0.2, 0.25) is 5.91 Å². The first kappa shape index (κ1) is 22.5. The number of allylic oxidation sites excluding steroid dienone is 9. The number of phenolic OH excluding ortho intramolecular Hbond substituents is 1. The third-order valence-electron chi connectivity index (χ3n) is 5.73. The predicted molar refractivity (Wildman–Crippen MR) is 122 cm³/mol. The average molecular weight is 392 g/mol. The molecule has 1 aromatic rings. The summed E-state index contributed by atoms with van der Waals surface area (Å²) in [6.07, 6.45) is 13.8. The molecule has 0 heterocycles.